The van der Waals surface area contributed by atoms with E-state index in [1.54, 1.807) is 48.5 Å². The van der Waals surface area contributed by atoms with Gasteiger partial charge in [0.1, 0.15) is 11.4 Å². The van der Waals surface area contributed by atoms with Crippen molar-refractivity contribution in [1.29, 1.82) is 0 Å². The van der Waals surface area contributed by atoms with Crippen LogP contribution in [0.15, 0.2) is 82.0 Å². The number of halogens is 2. The van der Waals surface area contributed by atoms with Crippen molar-refractivity contribution in [2.45, 2.75) is 12.6 Å². The van der Waals surface area contributed by atoms with Crippen LogP contribution in [-0.2, 0) is 6.54 Å². The van der Waals surface area contributed by atoms with E-state index in [2.05, 4.69) is 0 Å². The summed E-state index contributed by atoms with van der Waals surface area (Å²) in [4.78, 5) is 28.2. The molecule has 2 heterocycles. The van der Waals surface area contributed by atoms with E-state index in [0.717, 1.165) is 5.56 Å². The van der Waals surface area contributed by atoms with Crippen LogP contribution in [0.25, 0.3) is 11.0 Å². The van der Waals surface area contributed by atoms with Gasteiger partial charge in [0.2, 0.25) is 5.76 Å². The van der Waals surface area contributed by atoms with Gasteiger partial charge in [0.25, 0.3) is 5.91 Å². The van der Waals surface area contributed by atoms with E-state index in [4.69, 9.17) is 16.0 Å². The van der Waals surface area contributed by atoms with Gasteiger partial charge in [-0.2, -0.15) is 0 Å². The van der Waals surface area contributed by atoms with Crippen LogP contribution in [0.2, 0.25) is 5.02 Å². The van der Waals surface area contributed by atoms with Gasteiger partial charge in [-0.15, -0.1) is 0 Å². The van der Waals surface area contributed by atoms with E-state index >= 15 is 0 Å². The molecular formula is C24H15ClFNO3. The number of hydrogen-bond acceptors (Lipinski definition) is 3. The van der Waals surface area contributed by atoms with Crippen molar-refractivity contribution in [3.8, 4) is 0 Å². The molecule has 6 heteroatoms. The molecule has 0 radical (unpaired) electrons. The first-order chi connectivity index (χ1) is 14.5. The van der Waals surface area contributed by atoms with Crippen molar-refractivity contribution in [1.82, 2.24) is 4.90 Å². The van der Waals surface area contributed by atoms with E-state index in [1.807, 2.05) is 12.1 Å². The van der Waals surface area contributed by atoms with Crippen molar-refractivity contribution < 1.29 is 13.6 Å². The smallest absolute Gasteiger partial charge is 0.291 e. The van der Waals surface area contributed by atoms with Crippen molar-refractivity contribution in [3.05, 3.63) is 116 Å². The SMILES string of the molecule is O=C1c2oc3ccccc3c(=O)c2C(c2cccc(F)c2)N1Cc1ccccc1Cl. The first-order valence-corrected chi connectivity index (χ1v) is 9.78. The topological polar surface area (TPSA) is 50.5 Å². The van der Waals surface area contributed by atoms with E-state index in [-0.39, 0.29) is 23.3 Å². The van der Waals surface area contributed by atoms with Crippen LogP contribution in [0.5, 0.6) is 0 Å². The molecule has 0 aliphatic carbocycles. The third kappa shape index (κ3) is 2.90. The molecule has 0 N–H and O–H groups in total. The minimum absolute atomic E-state index is 0.0139. The van der Waals surface area contributed by atoms with Gasteiger partial charge in [0.05, 0.1) is 17.0 Å². The molecule has 1 amide bonds. The number of nitrogens with zero attached hydrogens (tertiary/aromatic N) is 1. The van der Waals surface area contributed by atoms with Gasteiger partial charge < -0.3 is 9.32 Å². The van der Waals surface area contributed by atoms with Crippen LogP contribution in [0.3, 0.4) is 0 Å². The molecular weight excluding hydrogens is 405 g/mol. The van der Waals surface area contributed by atoms with E-state index in [1.165, 1.54) is 17.0 Å². The molecule has 1 atom stereocenters. The maximum Gasteiger partial charge on any atom is 0.291 e. The second kappa shape index (κ2) is 7.11. The molecule has 0 saturated carbocycles. The third-order valence-electron chi connectivity index (χ3n) is 5.34. The number of hydrogen-bond donors (Lipinski definition) is 0. The molecule has 30 heavy (non-hydrogen) atoms. The summed E-state index contributed by atoms with van der Waals surface area (Å²) in [5.41, 5.74) is 1.48. The van der Waals surface area contributed by atoms with Gasteiger partial charge in [0.15, 0.2) is 5.43 Å². The normalized spacial score (nSPS) is 15.6. The van der Waals surface area contributed by atoms with Crippen molar-refractivity contribution in [3.63, 3.8) is 0 Å². The number of benzene rings is 3. The summed E-state index contributed by atoms with van der Waals surface area (Å²) in [5.74, 6) is -0.890. The third-order valence-corrected chi connectivity index (χ3v) is 5.70. The largest absolute Gasteiger partial charge is 0.450 e. The van der Waals surface area contributed by atoms with Crippen LogP contribution in [0.1, 0.15) is 33.3 Å². The number of carbonyl (C=O) groups excluding carboxylic acids is 1. The molecule has 1 aliphatic rings. The summed E-state index contributed by atoms with van der Waals surface area (Å²) >= 11 is 6.31. The Morgan fingerprint density at radius 2 is 1.73 bits per heavy atom. The van der Waals surface area contributed by atoms with Crippen LogP contribution < -0.4 is 5.43 Å². The van der Waals surface area contributed by atoms with Gasteiger partial charge in [-0.05, 0) is 41.5 Å². The Morgan fingerprint density at radius 3 is 2.53 bits per heavy atom. The lowest BCUT2D eigenvalue weighted by molar-refractivity contribution is 0.0714. The first-order valence-electron chi connectivity index (χ1n) is 9.40. The summed E-state index contributed by atoms with van der Waals surface area (Å²) in [5, 5.41) is 0.883. The quantitative estimate of drug-likeness (QED) is 0.451. The van der Waals surface area contributed by atoms with Crippen molar-refractivity contribution in [2.24, 2.45) is 0 Å². The van der Waals surface area contributed by atoms with Crippen LogP contribution in [0, 0.1) is 5.82 Å². The van der Waals surface area contributed by atoms with Crippen LogP contribution >= 0.6 is 11.6 Å². The number of carbonyl (C=O) groups is 1. The highest BCUT2D eigenvalue weighted by Gasteiger charge is 2.42. The van der Waals surface area contributed by atoms with Gasteiger partial charge in [-0.1, -0.05) is 54.1 Å². The molecule has 4 aromatic rings. The Morgan fingerprint density at radius 1 is 0.967 bits per heavy atom. The average Bonchev–Trinajstić information content (AvgIpc) is 3.02. The summed E-state index contributed by atoms with van der Waals surface area (Å²) in [6.07, 6.45) is 0. The zero-order valence-corrected chi connectivity index (χ0v) is 16.4. The highest BCUT2D eigenvalue weighted by atomic mass is 35.5. The van der Waals surface area contributed by atoms with Crippen LogP contribution in [0.4, 0.5) is 4.39 Å². The lowest BCUT2D eigenvalue weighted by Crippen LogP contribution is -2.29. The number of amides is 1. The molecule has 0 bridgehead atoms. The Hall–Kier alpha value is -3.44. The monoisotopic (exact) mass is 419 g/mol. The van der Waals surface area contributed by atoms with Gasteiger partial charge in [-0.3, -0.25) is 9.59 Å². The summed E-state index contributed by atoms with van der Waals surface area (Å²) in [7, 11) is 0. The van der Waals surface area contributed by atoms with Gasteiger partial charge >= 0.3 is 0 Å². The zero-order valence-electron chi connectivity index (χ0n) is 15.6. The number of fused-ring (bicyclic) bond motifs is 2. The Labute approximate surface area is 176 Å². The first kappa shape index (κ1) is 18.6. The number of rotatable bonds is 3. The zero-order chi connectivity index (χ0) is 20.8. The van der Waals surface area contributed by atoms with Crippen LogP contribution in [-0.4, -0.2) is 10.8 Å². The molecule has 1 unspecified atom stereocenters. The highest BCUT2D eigenvalue weighted by molar-refractivity contribution is 6.31. The maximum absolute atomic E-state index is 14.0. The summed E-state index contributed by atoms with van der Waals surface area (Å²) in [6, 6.07) is 19.1. The highest BCUT2D eigenvalue weighted by Crippen LogP contribution is 2.39. The maximum atomic E-state index is 14.0. The second-order valence-electron chi connectivity index (χ2n) is 7.15. The average molecular weight is 420 g/mol. The van der Waals surface area contributed by atoms with E-state index in [9.17, 15) is 14.0 Å². The fourth-order valence-electron chi connectivity index (χ4n) is 3.96. The molecule has 148 valence electrons. The molecule has 3 aromatic carbocycles. The molecule has 1 aliphatic heterocycles. The predicted octanol–water partition coefficient (Wildman–Crippen LogP) is 5.33. The fourth-order valence-corrected chi connectivity index (χ4v) is 4.16. The van der Waals surface area contributed by atoms with Gasteiger partial charge in [-0.25, -0.2) is 4.39 Å². The molecule has 0 saturated heterocycles. The second-order valence-corrected chi connectivity index (χ2v) is 7.56. The standard InChI is InChI=1S/C24H15ClFNO3/c25-18-10-3-1-6-15(18)13-27-21(14-7-5-8-16(26)12-14)20-22(28)17-9-2-4-11-19(17)30-23(20)24(27)29/h1-12,21H,13H2. The minimum Gasteiger partial charge on any atom is -0.450 e. The van der Waals surface area contributed by atoms with Gasteiger partial charge in [0, 0.05) is 11.6 Å². The molecule has 0 fully saturated rings. The lowest BCUT2D eigenvalue weighted by Gasteiger charge is -2.25. The van der Waals surface area contributed by atoms with Crippen molar-refractivity contribution >= 4 is 28.5 Å². The van der Waals surface area contributed by atoms with E-state index < -0.39 is 17.8 Å². The molecule has 4 nitrogen and oxygen atoms in total. The lowest BCUT2D eigenvalue weighted by atomic mass is 9.98. The summed E-state index contributed by atoms with van der Waals surface area (Å²) < 4.78 is 19.9. The fraction of sp³-hybridized carbons (Fsp3) is 0.0833. The Bertz CT molecular complexity index is 1360. The van der Waals surface area contributed by atoms with E-state index in [0.29, 0.717) is 21.6 Å². The number of para-hydroxylation sites is 1. The summed E-state index contributed by atoms with van der Waals surface area (Å²) in [6.45, 7) is 0.152. The Kier molecular flexibility index (Phi) is 4.40. The molecule has 1 aromatic heterocycles. The predicted molar refractivity (Wildman–Crippen MR) is 112 cm³/mol. The molecule has 0 spiro atoms. The van der Waals surface area contributed by atoms with Crippen molar-refractivity contribution in [2.75, 3.05) is 0 Å². The Balaban J connectivity index is 1.75. The molecule has 5 rings (SSSR count). The minimum atomic E-state index is -0.777.